The molecule has 8 amide bonds. The number of H-pyrrole nitrogens is 1. The highest BCUT2D eigenvalue weighted by atomic mass is 32.1. The number of aromatic nitrogens is 1. The number of primary amides is 1. The molecule has 0 saturated heterocycles. The number of aliphatic carboxylic acids is 1. The molecule has 3 aromatic carbocycles. The molecular formula is C52H71N11O11S. The van der Waals surface area contributed by atoms with E-state index in [1.54, 1.807) is 70.3 Å². The number of amides is 8. The Bertz CT molecular complexity index is 2600. The number of nitrogens with one attached hydrogen (secondary N) is 8. The first kappa shape index (κ1) is 60.1. The van der Waals surface area contributed by atoms with Crippen LogP contribution in [-0.4, -0.2) is 129 Å². The maximum Gasteiger partial charge on any atom is 0.305 e. The van der Waals surface area contributed by atoms with Gasteiger partial charge in [-0.2, -0.15) is 12.6 Å². The van der Waals surface area contributed by atoms with Gasteiger partial charge >= 0.3 is 5.97 Å². The van der Waals surface area contributed by atoms with Crippen LogP contribution in [0.3, 0.4) is 0 Å². The van der Waals surface area contributed by atoms with E-state index in [4.69, 9.17) is 17.2 Å². The standard InChI is InChI=1S/C52H71N11O11S/c1-28(2)43(45(55)67)62-51(73)41(27-75)61-49(71)38(23-31-17-19-33(64)20-18-31)58-47(69)37(16-10-11-21-53)57-50(72)40(24-32-26-56-36-15-9-8-14-34(32)36)59-48(70)39(22-30-12-6-5-7-13-30)60-52(74)44(29(3)4)63-46(68)35(54)25-42(65)66/h5-9,12-15,17-20,26,28-29,35,37-41,43-44,56,64,75H,10-11,16,21-25,27,53-54H2,1-4H3,(H2,55,67)(H,57,72)(H,58,69)(H,59,70)(H,60,74)(H,61,71)(H,62,73)(H,63,68)(H,65,66)/t35-,37-,38-,39-,40-,41-,43-,44-/m0/s1. The zero-order chi connectivity index (χ0) is 55.4. The van der Waals surface area contributed by atoms with Crippen molar-refractivity contribution in [3.05, 3.63) is 102 Å². The first-order valence-corrected chi connectivity index (χ1v) is 25.3. The van der Waals surface area contributed by atoms with Gasteiger partial charge in [0.25, 0.3) is 0 Å². The van der Waals surface area contributed by atoms with Crippen LogP contribution in [-0.2, 0) is 62.4 Å². The topological polar surface area (TPSA) is 372 Å². The number of rotatable bonds is 30. The second kappa shape index (κ2) is 29.4. The molecule has 1 aromatic heterocycles. The van der Waals surface area contributed by atoms with Crippen molar-refractivity contribution in [2.45, 2.75) is 121 Å². The number of hydrogen-bond acceptors (Lipinski definition) is 13. The number of carboxylic acids is 1. The summed E-state index contributed by atoms with van der Waals surface area (Å²) in [7, 11) is 0. The van der Waals surface area contributed by atoms with Gasteiger partial charge in [0.15, 0.2) is 0 Å². The number of nitrogens with two attached hydrogens (primary N) is 3. The van der Waals surface area contributed by atoms with E-state index in [2.05, 4.69) is 54.8 Å². The zero-order valence-electron chi connectivity index (χ0n) is 42.5. The highest BCUT2D eigenvalue weighted by molar-refractivity contribution is 7.80. The quantitative estimate of drug-likeness (QED) is 0.0241. The number of aromatic hydroxyl groups is 1. The van der Waals surface area contributed by atoms with Crippen LogP contribution in [0, 0.1) is 11.8 Å². The van der Waals surface area contributed by atoms with Crippen molar-refractivity contribution in [3.8, 4) is 5.75 Å². The second-order valence-electron chi connectivity index (χ2n) is 19.0. The summed E-state index contributed by atoms with van der Waals surface area (Å²) >= 11 is 4.26. The Morgan fingerprint density at radius 1 is 0.573 bits per heavy atom. The molecule has 22 nitrogen and oxygen atoms in total. The number of phenols is 1. The van der Waals surface area contributed by atoms with Gasteiger partial charge in [0.1, 0.15) is 48.0 Å². The van der Waals surface area contributed by atoms with Gasteiger partial charge in [0.05, 0.1) is 12.5 Å². The minimum absolute atomic E-state index is 0.0204. The van der Waals surface area contributed by atoms with Crippen LogP contribution < -0.4 is 54.4 Å². The van der Waals surface area contributed by atoms with Crippen molar-refractivity contribution in [1.29, 1.82) is 0 Å². The van der Waals surface area contributed by atoms with E-state index in [1.807, 2.05) is 18.2 Å². The number of fused-ring (bicyclic) bond motifs is 1. The van der Waals surface area contributed by atoms with Crippen molar-refractivity contribution in [2.75, 3.05) is 12.3 Å². The van der Waals surface area contributed by atoms with Crippen molar-refractivity contribution >= 4 is 76.8 Å². The highest BCUT2D eigenvalue weighted by Crippen LogP contribution is 2.20. The van der Waals surface area contributed by atoms with Crippen LogP contribution in [0.1, 0.15) is 70.1 Å². The average Bonchev–Trinajstić information content (AvgIpc) is 3.77. The number of carbonyl (C=O) groups is 9. The van der Waals surface area contributed by atoms with Gasteiger partial charge in [0.2, 0.25) is 47.3 Å². The predicted molar refractivity (Wildman–Crippen MR) is 283 cm³/mol. The molecule has 0 aliphatic carbocycles. The van der Waals surface area contributed by atoms with Gasteiger partial charge in [-0.3, -0.25) is 43.2 Å². The molecule has 0 saturated carbocycles. The Morgan fingerprint density at radius 2 is 1.05 bits per heavy atom. The Hall–Kier alpha value is -7.50. The largest absolute Gasteiger partial charge is 0.508 e. The lowest BCUT2D eigenvalue weighted by atomic mass is 9.99. The molecule has 0 aliphatic rings. The van der Waals surface area contributed by atoms with E-state index in [0.717, 1.165) is 10.9 Å². The van der Waals surface area contributed by atoms with Gasteiger partial charge in [-0.15, -0.1) is 0 Å². The van der Waals surface area contributed by atoms with Gasteiger partial charge in [-0.1, -0.05) is 88.4 Å². The minimum atomic E-state index is -1.47. The second-order valence-corrected chi connectivity index (χ2v) is 19.3. The lowest BCUT2D eigenvalue weighted by Gasteiger charge is -2.28. The van der Waals surface area contributed by atoms with Crippen LogP contribution in [0.4, 0.5) is 0 Å². The summed E-state index contributed by atoms with van der Waals surface area (Å²) in [5.74, 6) is -9.01. The molecule has 0 radical (unpaired) electrons. The smallest absolute Gasteiger partial charge is 0.305 e. The van der Waals surface area contributed by atoms with E-state index in [1.165, 1.54) is 24.3 Å². The number of hydrogen-bond donors (Lipinski definition) is 14. The third-order valence-electron chi connectivity index (χ3n) is 12.3. The van der Waals surface area contributed by atoms with E-state index in [-0.39, 0.29) is 49.6 Å². The van der Waals surface area contributed by atoms with Crippen LogP contribution in [0.15, 0.2) is 85.1 Å². The number of unbranched alkanes of at least 4 members (excludes halogenated alkanes) is 1. The lowest BCUT2D eigenvalue weighted by molar-refractivity contribution is -0.140. The van der Waals surface area contributed by atoms with Gasteiger partial charge in [-0.05, 0) is 72.5 Å². The fourth-order valence-corrected chi connectivity index (χ4v) is 8.33. The number of phenolic OH excluding ortho intramolecular Hbond substituents is 1. The third kappa shape index (κ3) is 18.7. The molecule has 75 heavy (non-hydrogen) atoms. The Kier molecular flexibility index (Phi) is 23.5. The summed E-state index contributed by atoms with van der Waals surface area (Å²) in [6.07, 6.45) is 1.43. The maximum absolute atomic E-state index is 14.8. The Morgan fingerprint density at radius 3 is 1.60 bits per heavy atom. The molecule has 0 spiro atoms. The maximum atomic E-state index is 14.8. The van der Waals surface area contributed by atoms with Gasteiger partial charge in [-0.25, -0.2) is 0 Å². The predicted octanol–water partition coefficient (Wildman–Crippen LogP) is -0.0469. The van der Waals surface area contributed by atoms with Crippen molar-refractivity contribution < 1.29 is 53.4 Å². The molecule has 8 atom stereocenters. The Balaban J connectivity index is 1.70. The first-order valence-electron chi connectivity index (χ1n) is 24.7. The summed E-state index contributed by atoms with van der Waals surface area (Å²) < 4.78 is 0. The van der Waals surface area contributed by atoms with Crippen LogP contribution in [0.25, 0.3) is 10.9 Å². The number of benzene rings is 3. The summed E-state index contributed by atoms with van der Waals surface area (Å²) in [6.45, 7) is 6.88. The van der Waals surface area contributed by atoms with Crippen LogP contribution in [0.5, 0.6) is 5.75 Å². The molecule has 0 unspecified atom stereocenters. The third-order valence-corrected chi connectivity index (χ3v) is 12.7. The molecular weight excluding hydrogens is 987 g/mol. The molecule has 4 aromatic rings. The zero-order valence-corrected chi connectivity index (χ0v) is 43.4. The van der Waals surface area contributed by atoms with Gasteiger partial charge in [0, 0.05) is 42.1 Å². The van der Waals surface area contributed by atoms with E-state index < -0.39 is 114 Å². The molecule has 0 bridgehead atoms. The van der Waals surface area contributed by atoms with E-state index in [0.29, 0.717) is 29.5 Å². The molecule has 16 N–H and O–H groups in total. The summed E-state index contributed by atoms with van der Waals surface area (Å²) in [5.41, 5.74) is 19.6. The fourth-order valence-electron chi connectivity index (χ4n) is 8.07. The lowest BCUT2D eigenvalue weighted by Crippen LogP contribution is -2.61. The minimum Gasteiger partial charge on any atom is -0.508 e. The number of thiol groups is 1. The molecule has 0 aliphatic heterocycles. The average molecular weight is 1060 g/mol. The first-order chi connectivity index (χ1) is 35.6. The molecule has 1 heterocycles. The SMILES string of the molecule is CC(C)[C@H](NC(=O)[C@H](CS)NC(=O)[C@H](Cc1ccc(O)cc1)NC(=O)[C@H](CCCCN)NC(=O)[C@H](Cc1c[nH]c2ccccc12)NC(=O)[C@H](Cc1ccccc1)NC(=O)[C@@H](NC(=O)[C@@H](N)CC(=O)O)C(C)C)C(N)=O. The molecule has 406 valence electrons. The monoisotopic (exact) mass is 1060 g/mol. The van der Waals surface area contributed by atoms with Gasteiger partial charge < -0.3 is 69.6 Å². The summed E-state index contributed by atoms with van der Waals surface area (Å²) in [5, 5.41) is 38.6. The Labute approximate surface area is 440 Å². The van der Waals surface area contributed by atoms with Crippen LogP contribution in [0.2, 0.25) is 0 Å². The molecule has 4 rings (SSSR count). The fraction of sp³-hybridized carbons (Fsp3) is 0.442. The van der Waals surface area contributed by atoms with E-state index >= 15 is 0 Å². The van der Waals surface area contributed by atoms with Crippen molar-refractivity contribution in [2.24, 2.45) is 29.0 Å². The van der Waals surface area contributed by atoms with Crippen molar-refractivity contribution in [1.82, 2.24) is 42.2 Å². The van der Waals surface area contributed by atoms with Crippen molar-refractivity contribution in [3.63, 3.8) is 0 Å². The van der Waals surface area contributed by atoms with Crippen LogP contribution >= 0.6 is 12.6 Å². The number of para-hydroxylation sites is 1. The highest BCUT2D eigenvalue weighted by Gasteiger charge is 2.36. The number of carboxylic acid groups (broad SMARTS) is 1. The normalized spacial score (nSPS) is 14.5. The number of aromatic amines is 1. The molecule has 0 fully saturated rings. The number of carbonyl (C=O) groups excluding carboxylic acids is 8. The summed E-state index contributed by atoms with van der Waals surface area (Å²) in [4.78, 5) is 125. The van der Waals surface area contributed by atoms with E-state index in [9.17, 15) is 53.4 Å². The summed E-state index contributed by atoms with van der Waals surface area (Å²) in [6, 6.07) is 11.2. The molecule has 23 heteroatoms.